The van der Waals surface area contributed by atoms with Crippen LogP contribution in [-0.2, 0) is 27.5 Å². The van der Waals surface area contributed by atoms with Crippen molar-refractivity contribution in [1.29, 1.82) is 0 Å². The molecule has 0 heterocycles. The van der Waals surface area contributed by atoms with Crippen LogP contribution in [0.4, 0.5) is 0 Å². The fraction of sp³-hybridized carbons (Fsp3) is 0.500. The van der Waals surface area contributed by atoms with Crippen molar-refractivity contribution in [2.75, 3.05) is 14.2 Å². The molecule has 0 fully saturated rings. The first-order valence-corrected chi connectivity index (χ1v) is 4.98. The molecule has 76 valence electrons. The Morgan fingerprint density at radius 3 is 2.23 bits per heavy atom. The molecule has 0 saturated carbocycles. The van der Waals surface area contributed by atoms with Gasteiger partial charge in [-0.05, 0) is 0 Å². The Labute approximate surface area is 77.4 Å². The standard InChI is InChI=1S/C6H12O6Si/c1-5-10-13(8-3,9-4)12-11-6(2)7/h5H,1H2,2-4H3. The van der Waals surface area contributed by atoms with Crippen molar-refractivity contribution in [2.24, 2.45) is 0 Å². The average Bonchev–Trinajstić information content (AvgIpc) is 2.12. The third kappa shape index (κ3) is 4.04. The van der Waals surface area contributed by atoms with E-state index in [1.807, 2.05) is 0 Å². The summed E-state index contributed by atoms with van der Waals surface area (Å²) in [6, 6.07) is 0. The Kier molecular flexibility index (Phi) is 5.31. The van der Waals surface area contributed by atoms with Crippen molar-refractivity contribution in [1.82, 2.24) is 0 Å². The Morgan fingerprint density at radius 1 is 1.38 bits per heavy atom. The van der Waals surface area contributed by atoms with Gasteiger partial charge < -0.3 is 18.2 Å². The molecule has 0 rings (SSSR count). The molecule has 0 spiro atoms. The van der Waals surface area contributed by atoms with Crippen LogP contribution in [-0.4, -0.2) is 29.2 Å². The number of carbonyl (C=O) groups excluding carboxylic acids is 1. The smallest absolute Gasteiger partial charge is 0.486 e. The Hall–Kier alpha value is -0.893. The molecule has 13 heavy (non-hydrogen) atoms. The maximum Gasteiger partial charge on any atom is 0.786 e. The molecule has 0 bridgehead atoms. The molecule has 0 radical (unpaired) electrons. The van der Waals surface area contributed by atoms with Gasteiger partial charge in [0, 0.05) is 21.1 Å². The van der Waals surface area contributed by atoms with Crippen molar-refractivity contribution < 1.29 is 27.5 Å². The lowest BCUT2D eigenvalue weighted by molar-refractivity contribution is -0.250. The summed E-state index contributed by atoms with van der Waals surface area (Å²) in [4.78, 5) is 14.7. The summed E-state index contributed by atoms with van der Waals surface area (Å²) >= 11 is 0. The number of hydrogen-bond donors (Lipinski definition) is 0. The zero-order valence-corrected chi connectivity index (χ0v) is 8.73. The monoisotopic (exact) mass is 208 g/mol. The normalized spacial score (nSPS) is 10.7. The van der Waals surface area contributed by atoms with Gasteiger partial charge in [0.1, 0.15) is 0 Å². The molecule has 0 N–H and O–H groups in total. The summed E-state index contributed by atoms with van der Waals surface area (Å²) in [5, 5.41) is 0. The van der Waals surface area contributed by atoms with Crippen LogP contribution in [0, 0.1) is 0 Å². The van der Waals surface area contributed by atoms with E-state index in [2.05, 4.69) is 16.0 Å². The zero-order valence-electron chi connectivity index (χ0n) is 7.73. The molecular weight excluding hydrogens is 196 g/mol. The highest BCUT2D eigenvalue weighted by atomic mass is 28.4. The molecule has 0 atom stereocenters. The van der Waals surface area contributed by atoms with Crippen LogP contribution < -0.4 is 0 Å². The van der Waals surface area contributed by atoms with Crippen molar-refractivity contribution in [3.63, 3.8) is 0 Å². The van der Waals surface area contributed by atoms with Crippen LogP contribution in [0.15, 0.2) is 12.8 Å². The van der Waals surface area contributed by atoms with E-state index in [4.69, 9.17) is 13.3 Å². The second-order valence-electron chi connectivity index (χ2n) is 1.85. The molecule has 0 aliphatic rings. The lowest BCUT2D eigenvalue weighted by atomic mass is 10.9. The van der Waals surface area contributed by atoms with E-state index >= 15 is 0 Å². The first-order chi connectivity index (χ1) is 6.10. The average molecular weight is 208 g/mol. The highest BCUT2D eigenvalue weighted by Crippen LogP contribution is 2.09. The van der Waals surface area contributed by atoms with Gasteiger partial charge in [0.15, 0.2) is 0 Å². The fourth-order valence-electron chi connectivity index (χ4n) is 0.479. The maximum atomic E-state index is 10.4. The third-order valence-corrected chi connectivity index (χ3v) is 2.73. The molecule has 0 aliphatic carbocycles. The van der Waals surface area contributed by atoms with Gasteiger partial charge in [0.25, 0.3) is 0 Å². The van der Waals surface area contributed by atoms with Gasteiger partial charge in [0.2, 0.25) is 0 Å². The number of rotatable bonds is 6. The second kappa shape index (κ2) is 5.70. The topological polar surface area (TPSA) is 63.2 Å². The lowest BCUT2D eigenvalue weighted by Gasteiger charge is -2.20. The van der Waals surface area contributed by atoms with Crippen molar-refractivity contribution >= 4 is 15.0 Å². The van der Waals surface area contributed by atoms with E-state index in [0.717, 1.165) is 6.26 Å². The highest BCUT2D eigenvalue weighted by molar-refractivity contribution is 6.53. The fourth-order valence-corrected chi connectivity index (χ4v) is 1.44. The minimum atomic E-state index is -3.37. The molecule has 0 aromatic heterocycles. The van der Waals surface area contributed by atoms with E-state index in [1.54, 1.807) is 0 Å². The summed E-state index contributed by atoms with van der Waals surface area (Å²) < 4.78 is 19.0. The number of carbonyl (C=O) groups is 1. The van der Waals surface area contributed by atoms with Gasteiger partial charge in [0.05, 0.1) is 6.26 Å². The van der Waals surface area contributed by atoms with Crippen LogP contribution in [0.5, 0.6) is 0 Å². The Morgan fingerprint density at radius 2 is 1.92 bits per heavy atom. The summed E-state index contributed by atoms with van der Waals surface area (Å²) in [6.07, 6.45) is 1.09. The molecule has 6 nitrogen and oxygen atoms in total. The lowest BCUT2D eigenvalue weighted by Crippen LogP contribution is -2.46. The zero-order chi connectivity index (χ0) is 10.3. The maximum absolute atomic E-state index is 10.4. The SMILES string of the molecule is C=CO[Si](OC)(OC)OOC(C)=O. The quantitative estimate of drug-likeness (QED) is 0.272. The van der Waals surface area contributed by atoms with Gasteiger partial charge in [-0.25, -0.2) is 4.79 Å². The van der Waals surface area contributed by atoms with Gasteiger partial charge in [-0.2, -0.15) is 0 Å². The van der Waals surface area contributed by atoms with E-state index in [0.29, 0.717) is 0 Å². The second-order valence-corrected chi connectivity index (χ2v) is 4.07. The summed E-state index contributed by atoms with van der Waals surface area (Å²) in [7, 11) is -0.751. The van der Waals surface area contributed by atoms with Gasteiger partial charge in [-0.15, -0.1) is 4.58 Å². The molecule has 0 saturated heterocycles. The Bertz CT molecular complexity index is 178. The van der Waals surface area contributed by atoms with Crippen molar-refractivity contribution in [3.05, 3.63) is 12.8 Å². The third-order valence-electron chi connectivity index (χ3n) is 0.989. The predicted octanol–water partition coefficient (Wildman–Crippen LogP) is 0.370. The summed E-state index contributed by atoms with van der Waals surface area (Å²) in [6.45, 7) is 4.48. The summed E-state index contributed by atoms with van der Waals surface area (Å²) in [5.41, 5.74) is 0. The number of hydrogen-bond acceptors (Lipinski definition) is 6. The van der Waals surface area contributed by atoms with E-state index in [9.17, 15) is 4.79 Å². The molecule has 0 amide bonds. The van der Waals surface area contributed by atoms with E-state index in [-0.39, 0.29) is 0 Å². The molecule has 0 aromatic rings. The minimum Gasteiger partial charge on any atom is -0.486 e. The molecule has 0 unspecified atom stereocenters. The van der Waals surface area contributed by atoms with E-state index < -0.39 is 15.0 Å². The molecule has 7 heteroatoms. The highest BCUT2D eigenvalue weighted by Gasteiger charge is 2.48. The first-order valence-electron chi connectivity index (χ1n) is 3.35. The molecule has 0 aliphatic heterocycles. The van der Waals surface area contributed by atoms with Crippen molar-refractivity contribution in [3.8, 4) is 0 Å². The van der Waals surface area contributed by atoms with Crippen LogP contribution in [0.2, 0.25) is 0 Å². The molecular formula is C6H12O6Si. The van der Waals surface area contributed by atoms with Crippen LogP contribution in [0.3, 0.4) is 0 Å². The largest absolute Gasteiger partial charge is 0.786 e. The van der Waals surface area contributed by atoms with E-state index in [1.165, 1.54) is 21.1 Å². The minimum absolute atomic E-state index is 0.626. The van der Waals surface area contributed by atoms with Gasteiger partial charge in [-0.1, -0.05) is 6.58 Å². The van der Waals surface area contributed by atoms with Crippen LogP contribution in [0.25, 0.3) is 0 Å². The van der Waals surface area contributed by atoms with Crippen molar-refractivity contribution in [2.45, 2.75) is 6.92 Å². The van der Waals surface area contributed by atoms with Crippen LogP contribution >= 0.6 is 0 Å². The molecule has 0 aromatic carbocycles. The summed E-state index contributed by atoms with van der Waals surface area (Å²) in [5.74, 6) is -0.626. The van der Waals surface area contributed by atoms with Crippen LogP contribution in [0.1, 0.15) is 6.92 Å². The van der Waals surface area contributed by atoms with Gasteiger partial charge in [-0.3, -0.25) is 0 Å². The Balaban J connectivity index is 4.19. The van der Waals surface area contributed by atoms with Gasteiger partial charge >= 0.3 is 15.0 Å². The predicted molar refractivity (Wildman–Crippen MR) is 43.9 cm³/mol. The first kappa shape index (κ1) is 12.1.